The van der Waals surface area contributed by atoms with Crippen molar-refractivity contribution < 1.29 is 9.00 Å². The fraction of sp³-hybridized carbons (Fsp3) is 0.222. The van der Waals surface area contributed by atoms with Gasteiger partial charge in [0.25, 0.3) is 5.91 Å². The summed E-state index contributed by atoms with van der Waals surface area (Å²) in [6.07, 6.45) is 2.32. The molecule has 1 N–H and O–H groups in total. The number of fused-ring (bicyclic) bond motifs is 1. The van der Waals surface area contributed by atoms with Gasteiger partial charge in [-0.25, -0.2) is 4.98 Å². The van der Waals surface area contributed by atoms with E-state index in [-0.39, 0.29) is 11.9 Å². The first-order chi connectivity index (χ1) is 11.5. The van der Waals surface area contributed by atoms with E-state index in [9.17, 15) is 9.00 Å². The first-order valence-electron chi connectivity index (χ1n) is 7.62. The van der Waals surface area contributed by atoms with E-state index in [1.807, 2.05) is 25.1 Å². The van der Waals surface area contributed by atoms with Gasteiger partial charge in [0.15, 0.2) is 0 Å². The monoisotopic (exact) mass is 358 g/mol. The summed E-state index contributed by atoms with van der Waals surface area (Å²) in [6, 6.07) is 14.9. The van der Waals surface area contributed by atoms with Crippen LogP contribution in [0.2, 0.25) is 0 Å². The van der Waals surface area contributed by atoms with Gasteiger partial charge in [0.1, 0.15) is 0 Å². The number of amides is 1. The topological polar surface area (TPSA) is 59.1 Å². The van der Waals surface area contributed by atoms with Crippen molar-refractivity contribution >= 4 is 38.3 Å². The lowest BCUT2D eigenvalue weighted by molar-refractivity contribution is 0.0940. The zero-order valence-corrected chi connectivity index (χ0v) is 15.1. The van der Waals surface area contributed by atoms with Crippen LogP contribution >= 0.6 is 11.3 Å². The molecule has 2 aromatic carbocycles. The molecule has 0 saturated carbocycles. The lowest BCUT2D eigenvalue weighted by Gasteiger charge is -2.12. The Bertz CT molecular complexity index is 854. The second-order valence-corrected chi connectivity index (χ2v) is 8.13. The van der Waals surface area contributed by atoms with Gasteiger partial charge in [-0.2, -0.15) is 0 Å². The Morgan fingerprint density at radius 1 is 1.21 bits per heavy atom. The second-order valence-electron chi connectivity index (χ2n) is 5.63. The quantitative estimate of drug-likeness (QED) is 0.760. The summed E-state index contributed by atoms with van der Waals surface area (Å²) in [7, 11) is -1.03. The molecule has 0 spiro atoms. The van der Waals surface area contributed by atoms with Crippen molar-refractivity contribution in [1.29, 1.82) is 0 Å². The number of carbonyl (C=O) groups excluding carboxylic acids is 1. The summed E-state index contributed by atoms with van der Waals surface area (Å²) in [5, 5.41) is 4.00. The van der Waals surface area contributed by atoms with Gasteiger partial charge in [0.05, 0.1) is 15.2 Å². The number of nitrogens with zero attached hydrogens (tertiary/aromatic N) is 1. The van der Waals surface area contributed by atoms with Crippen molar-refractivity contribution in [2.45, 2.75) is 24.3 Å². The third-order valence-electron chi connectivity index (χ3n) is 3.64. The van der Waals surface area contributed by atoms with Crippen LogP contribution in [0.3, 0.4) is 0 Å². The molecule has 1 amide bonds. The number of hydrogen-bond donors (Lipinski definition) is 1. The Kier molecular flexibility index (Phi) is 5.06. The lowest BCUT2D eigenvalue weighted by Crippen LogP contribution is -2.34. The van der Waals surface area contributed by atoms with Gasteiger partial charge in [-0.15, -0.1) is 11.3 Å². The highest BCUT2D eigenvalue weighted by Gasteiger charge is 2.13. The van der Waals surface area contributed by atoms with E-state index >= 15 is 0 Å². The van der Waals surface area contributed by atoms with Gasteiger partial charge in [0.2, 0.25) is 0 Å². The summed E-state index contributed by atoms with van der Waals surface area (Å²) in [5.41, 5.74) is 1.57. The molecule has 0 radical (unpaired) electrons. The number of thiazole rings is 1. The predicted octanol–water partition coefficient (Wildman–Crippen LogP) is 3.39. The van der Waals surface area contributed by atoms with Crippen LogP contribution in [0.5, 0.6) is 0 Å². The van der Waals surface area contributed by atoms with Gasteiger partial charge in [0, 0.05) is 40.0 Å². The first kappa shape index (κ1) is 16.8. The molecule has 24 heavy (non-hydrogen) atoms. The van der Waals surface area contributed by atoms with Gasteiger partial charge in [-0.1, -0.05) is 12.1 Å². The number of nitrogens with one attached hydrogen (secondary N) is 1. The molecule has 0 bridgehead atoms. The average molecular weight is 358 g/mol. The molecule has 0 aliphatic carbocycles. The van der Waals surface area contributed by atoms with Crippen LogP contribution in [0, 0.1) is 0 Å². The number of hydrogen-bond acceptors (Lipinski definition) is 4. The maximum absolute atomic E-state index is 12.3. The minimum atomic E-state index is -1.03. The van der Waals surface area contributed by atoms with E-state index in [1.165, 1.54) is 0 Å². The molecule has 1 aromatic heterocycles. The predicted molar refractivity (Wildman–Crippen MR) is 99.0 cm³/mol. The zero-order valence-electron chi connectivity index (χ0n) is 13.5. The Morgan fingerprint density at radius 3 is 2.58 bits per heavy atom. The lowest BCUT2D eigenvalue weighted by atomic mass is 10.2. The number of benzene rings is 2. The van der Waals surface area contributed by atoms with Crippen molar-refractivity contribution in [1.82, 2.24) is 10.3 Å². The molecule has 3 rings (SSSR count). The van der Waals surface area contributed by atoms with Crippen molar-refractivity contribution in [3.8, 4) is 0 Å². The Labute approximate surface area is 147 Å². The van der Waals surface area contributed by atoms with Crippen LogP contribution in [0.25, 0.3) is 10.2 Å². The van der Waals surface area contributed by atoms with E-state index in [0.29, 0.717) is 16.9 Å². The number of aromatic nitrogens is 1. The van der Waals surface area contributed by atoms with Gasteiger partial charge >= 0.3 is 0 Å². The highest BCUT2D eigenvalue weighted by atomic mass is 32.2. The Balaban J connectivity index is 1.64. The standard InChI is InChI=1S/C18H18N2O2S2/c1-12(11-17-20-15-5-3-4-6-16(15)23-17)19-18(21)13-7-9-14(10-8-13)24(2)22/h3-10,12H,11H2,1-2H3,(H,19,21). The molecule has 0 saturated heterocycles. The van der Waals surface area contributed by atoms with Gasteiger partial charge in [-0.3, -0.25) is 9.00 Å². The highest BCUT2D eigenvalue weighted by Crippen LogP contribution is 2.22. The van der Waals surface area contributed by atoms with E-state index < -0.39 is 10.8 Å². The Hall–Kier alpha value is -2.05. The average Bonchev–Trinajstić information content (AvgIpc) is 2.96. The normalized spacial score (nSPS) is 13.6. The summed E-state index contributed by atoms with van der Waals surface area (Å²) in [4.78, 5) is 17.6. The summed E-state index contributed by atoms with van der Waals surface area (Å²) in [6.45, 7) is 1.97. The van der Waals surface area contributed by atoms with Crippen LogP contribution < -0.4 is 5.32 Å². The van der Waals surface area contributed by atoms with E-state index in [4.69, 9.17) is 0 Å². The van der Waals surface area contributed by atoms with Crippen LogP contribution in [0.1, 0.15) is 22.3 Å². The fourth-order valence-electron chi connectivity index (χ4n) is 2.43. The minimum Gasteiger partial charge on any atom is -0.349 e. The molecule has 2 unspecified atom stereocenters. The van der Waals surface area contributed by atoms with Gasteiger partial charge in [-0.05, 0) is 43.3 Å². The molecule has 124 valence electrons. The molecule has 4 nitrogen and oxygen atoms in total. The third-order valence-corrected chi connectivity index (χ3v) is 5.64. The fourth-order valence-corrected chi connectivity index (χ4v) is 4.04. The molecule has 1 heterocycles. The van der Waals surface area contributed by atoms with Crippen LogP contribution in [0.4, 0.5) is 0 Å². The van der Waals surface area contributed by atoms with E-state index in [1.54, 1.807) is 41.9 Å². The third kappa shape index (κ3) is 3.88. The number of para-hydroxylation sites is 1. The van der Waals surface area contributed by atoms with Crippen molar-refractivity contribution in [3.05, 3.63) is 59.1 Å². The maximum atomic E-state index is 12.3. The molecule has 6 heteroatoms. The highest BCUT2D eigenvalue weighted by molar-refractivity contribution is 7.84. The van der Waals surface area contributed by atoms with Crippen molar-refractivity contribution in [2.24, 2.45) is 0 Å². The van der Waals surface area contributed by atoms with Crippen LogP contribution in [0.15, 0.2) is 53.4 Å². The summed E-state index contributed by atoms with van der Waals surface area (Å²) < 4.78 is 12.5. The van der Waals surface area contributed by atoms with Crippen molar-refractivity contribution in [3.63, 3.8) is 0 Å². The SMILES string of the molecule is CC(Cc1nc2ccccc2s1)NC(=O)c1ccc(S(C)=O)cc1. The molecule has 3 aromatic rings. The van der Waals surface area contributed by atoms with E-state index in [0.717, 1.165) is 15.2 Å². The zero-order chi connectivity index (χ0) is 17.1. The maximum Gasteiger partial charge on any atom is 0.251 e. The first-order valence-corrected chi connectivity index (χ1v) is 9.99. The minimum absolute atomic E-state index is 0.0157. The molecular formula is C18H18N2O2S2. The number of carbonyl (C=O) groups is 1. The molecule has 2 atom stereocenters. The summed E-state index contributed by atoms with van der Waals surface area (Å²) in [5.74, 6) is -0.128. The molecular weight excluding hydrogens is 340 g/mol. The Morgan fingerprint density at radius 2 is 1.92 bits per heavy atom. The molecule has 0 fully saturated rings. The molecule has 0 aliphatic heterocycles. The number of rotatable bonds is 5. The second kappa shape index (κ2) is 7.23. The van der Waals surface area contributed by atoms with Gasteiger partial charge < -0.3 is 5.32 Å². The largest absolute Gasteiger partial charge is 0.349 e. The van der Waals surface area contributed by atoms with Crippen LogP contribution in [-0.2, 0) is 17.2 Å². The van der Waals surface area contributed by atoms with Crippen molar-refractivity contribution in [2.75, 3.05) is 6.26 Å². The summed E-state index contributed by atoms with van der Waals surface area (Å²) >= 11 is 1.66. The van der Waals surface area contributed by atoms with Crippen LogP contribution in [-0.4, -0.2) is 27.4 Å². The van der Waals surface area contributed by atoms with E-state index in [2.05, 4.69) is 16.4 Å². The smallest absolute Gasteiger partial charge is 0.251 e. The molecule has 0 aliphatic rings.